The van der Waals surface area contributed by atoms with Crippen LogP contribution in [0.15, 0.2) is 60.9 Å². The van der Waals surface area contributed by atoms with Crippen LogP contribution in [0.1, 0.15) is 24.2 Å². The van der Waals surface area contributed by atoms with E-state index >= 15 is 0 Å². The van der Waals surface area contributed by atoms with E-state index in [1.54, 1.807) is 24.3 Å². The van der Waals surface area contributed by atoms with Gasteiger partial charge in [0.15, 0.2) is 17.0 Å². The highest BCUT2D eigenvalue weighted by molar-refractivity contribution is 5.84. The Bertz CT molecular complexity index is 1200. The summed E-state index contributed by atoms with van der Waals surface area (Å²) < 4.78 is 47.4. The number of aromatic nitrogens is 4. The van der Waals surface area contributed by atoms with Crippen LogP contribution in [0, 0.1) is 0 Å². The van der Waals surface area contributed by atoms with Crippen molar-refractivity contribution < 1.29 is 17.9 Å². The molecule has 6 nitrogen and oxygen atoms in total. The van der Waals surface area contributed by atoms with E-state index in [1.807, 2.05) is 30.3 Å². The maximum absolute atomic E-state index is 13.4. The molecule has 2 aromatic heterocycles. The van der Waals surface area contributed by atoms with Crippen LogP contribution in [0.25, 0.3) is 16.9 Å². The highest BCUT2D eigenvalue weighted by Crippen LogP contribution is 2.33. The summed E-state index contributed by atoms with van der Waals surface area (Å²) in [5.41, 5.74) is 2.07. The first-order valence-corrected chi connectivity index (χ1v) is 9.83. The van der Waals surface area contributed by atoms with E-state index in [2.05, 4.69) is 20.3 Å². The van der Waals surface area contributed by atoms with Gasteiger partial charge in [0.2, 0.25) is 5.82 Å². The molecule has 4 aromatic rings. The van der Waals surface area contributed by atoms with E-state index in [-0.39, 0.29) is 17.5 Å². The van der Waals surface area contributed by atoms with Crippen LogP contribution in [0.2, 0.25) is 0 Å². The lowest BCUT2D eigenvalue weighted by molar-refractivity contribution is -0.144. The number of anilines is 1. The van der Waals surface area contributed by atoms with Crippen LogP contribution in [-0.4, -0.2) is 25.6 Å². The van der Waals surface area contributed by atoms with Gasteiger partial charge in [-0.1, -0.05) is 30.3 Å². The Morgan fingerprint density at radius 3 is 2.42 bits per heavy atom. The monoisotopic (exact) mass is 425 g/mol. The van der Waals surface area contributed by atoms with Crippen LogP contribution in [0.5, 0.6) is 5.75 Å². The van der Waals surface area contributed by atoms with Gasteiger partial charge in [-0.05, 0) is 42.7 Å². The van der Waals surface area contributed by atoms with E-state index in [0.29, 0.717) is 23.6 Å². The third-order valence-corrected chi connectivity index (χ3v) is 4.93. The van der Waals surface area contributed by atoms with Crippen LogP contribution in [0.4, 0.5) is 19.0 Å². The zero-order valence-electron chi connectivity index (χ0n) is 16.3. The van der Waals surface area contributed by atoms with Gasteiger partial charge >= 0.3 is 6.18 Å². The predicted octanol–water partition coefficient (Wildman–Crippen LogP) is 4.99. The lowest BCUT2D eigenvalue weighted by Gasteiger charge is -2.11. The molecule has 2 heterocycles. The lowest BCUT2D eigenvalue weighted by Crippen LogP contribution is -2.15. The summed E-state index contributed by atoms with van der Waals surface area (Å²) >= 11 is 0. The standard InChI is InChI=1S/C22H18F3N5O/c23-22(24,25)21-28-19(27-15-6-7-15)18-20(29-21)30(13-26-18)16-8-10-17(11-9-16)31-12-14-4-2-1-3-5-14/h1-5,8-11,13,15H,6-7,12H2,(H,27,28,29). The predicted molar refractivity (Wildman–Crippen MR) is 109 cm³/mol. The number of nitrogens with zero attached hydrogens (tertiary/aromatic N) is 4. The molecule has 1 aliphatic rings. The average Bonchev–Trinajstić information content (AvgIpc) is 3.48. The van der Waals surface area contributed by atoms with E-state index in [1.165, 1.54) is 10.9 Å². The van der Waals surface area contributed by atoms with Gasteiger partial charge in [0.25, 0.3) is 0 Å². The van der Waals surface area contributed by atoms with Crippen molar-refractivity contribution in [3.8, 4) is 11.4 Å². The molecule has 1 aliphatic carbocycles. The maximum Gasteiger partial charge on any atom is 0.451 e. The number of imidazole rings is 1. The first-order valence-electron chi connectivity index (χ1n) is 9.83. The van der Waals surface area contributed by atoms with Crippen molar-refractivity contribution >= 4 is 17.0 Å². The van der Waals surface area contributed by atoms with Crippen molar-refractivity contribution in [2.24, 2.45) is 0 Å². The lowest BCUT2D eigenvalue weighted by atomic mass is 10.2. The fraction of sp³-hybridized carbons (Fsp3) is 0.227. The number of hydrogen-bond donors (Lipinski definition) is 1. The summed E-state index contributed by atoms with van der Waals surface area (Å²) in [6.45, 7) is 0.423. The molecule has 0 spiro atoms. The second-order valence-electron chi connectivity index (χ2n) is 7.37. The number of alkyl halides is 3. The summed E-state index contributed by atoms with van der Waals surface area (Å²) in [5, 5.41) is 3.03. The minimum Gasteiger partial charge on any atom is -0.489 e. The van der Waals surface area contributed by atoms with E-state index in [0.717, 1.165) is 18.4 Å². The van der Waals surface area contributed by atoms with E-state index in [4.69, 9.17) is 4.74 Å². The number of ether oxygens (including phenoxy) is 1. The summed E-state index contributed by atoms with van der Waals surface area (Å²) in [7, 11) is 0. The van der Waals surface area contributed by atoms with Crippen molar-refractivity contribution in [2.75, 3.05) is 5.32 Å². The average molecular weight is 425 g/mol. The van der Waals surface area contributed by atoms with Crippen molar-refractivity contribution in [3.05, 3.63) is 72.3 Å². The third-order valence-electron chi connectivity index (χ3n) is 4.93. The zero-order valence-corrected chi connectivity index (χ0v) is 16.3. The van der Waals surface area contributed by atoms with E-state index < -0.39 is 12.0 Å². The molecule has 0 atom stereocenters. The molecule has 0 radical (unpaired) electrons. The number of benzene rings is 2. The molecule has 0 unspecified atom stereocenters. The van der Waals surface area contributed by atoms with Gasteiger partial charge in [-0.2, -0.15) is 13.2 Å². The van der Waals surface area contributed by atoms with Crippen molar-refractivity contribution in [1.29, 1.82) is 0 Å². The Balaban J connectivity index is 1.45. The van der Waals surface area contributed by atoms with Crippen molar-refractivity contribution in [2.45, 2.75) is 31.7 Å². The summed E-state index contributed by atoms with van der Waals surface area (Å²) in [6.07, 6.45) is -1.40. The summed E-state index contributed by atoms with van der Waals surface area (Å²) in [6, 6.07) is 16.9. The largest absolute Gasteiger partial charge is 0.489 e. The smallest absolute Gasteiger partial charge is 0.451 e. The molecule has 2 aromatic carbocycles. The molecule has 5 rings (SSSR count). The maximum atomic E-state index is 13.4. The molecule has 1 fully saturated rings. The molecule has 0 bridgehead atoms. The summed E-state index contributed by atoms with van der Waals surface area (Å²) in [4.78, 5) is 11.7. The first-order chi connectivity index (χ1) is 15.0. The molecule has 0 amide bonds. The highest BCUT2D eigenvalue weighted by Gasteiger charge is 2.37. The molecule has 9 heteroatoms. The number of nitrogens with one attached hydrogen (secondary N) is 1. The number of rotatable bonds is 6. The SMILES string of the molecule is FC(F)(F)c1nc(NC2CC2)c2ncn(-c3ccc(OCc4ccccc4)cc3)c2n1. The van der Waals surface area contributed by atoms with Gasteiger partial charge < -0.3 is 10.1 Å². The minimum absolute atomic E-state index is 0.100. The minimum atomic E-state index is -4.65. The molecule has 31 heavy (non-hydrogen) atoms. The molecule has 1 saturated carbocycles. The Morgan fingerprint density at radius 2 is 1.74 bits per heavy atom. The van der Waals surface area contributed by atoms with Crippen LogP contribution >= 0.6 is 0 Å². The molecular formula is C22H18F3N5O. The van der Waals surface area contributed by atoms with Crippen molar-refractivity contribution in [1.82, 2.24) is 19.5 Å². The Kier molecular flexibility index (Phi) is 4.72. The third kappa shape index (κ3) is 4.16. The number of hydrogen-bond acceptors (Lipinski definition) is 5. The van der Waals surface area contributed by atoms with Gasteiger partial charge in [-0.3, -0.25) is 4.57 Å². The molecular weight excluding hydrogens is 407 g/mol. The normalized spacial score (nSPS) is 14.0. The van der Waals surface area contributed by atoms with Crippen LogP contribution < -0.4 is 10.1 Å². The number of halogens is 3. The van der Waals surface area contributed by atoms with Gasteiger partial charge in [0, 0.05) is 11.7 Å². The molecule has 0 saturated heterocycles. The fourth-order valence-corrected chi connectivity index (χ4v) is 3.18. The van der Waals surface area contributed by atoms with Gasteiger partial charge in [0.05, 0.1) is 0 Å². The van der Waals surface area contributed by atoms with Crippen molar-refractivity contribution in [3.63, 3.8) is 0 Å². The zero-order chi connectivity index (χ0) is 21.4. The van der Waals surface area contributed by atoms with Gasteiger partial charge in [0.1, 0.15) is 18.7 Å². The Labute approximate surface area is 175 Å². The Morgan fingerprint density at radius 1 is 1.00 bits per heavy atom. The fourth-order valence-electron chi connectivity index (χ4n) is 3.18. The topological polar surface area (TPSA) is 64.9 Å². The molecule has 1 N–H and O–H groups in total. The second kappa shape index (κ2) is 7.57. The van der Waals surface area contributed by atoms with E-state index in [9.17, 15) is 13.2 Å². The highest BCUT2D eigenvalue weighted by atomic mass is 19.4. The molecule has 158 valence electrons. The van der Waals surface area contributed by atoms with Crippen LogP contribution in [0.3, 0.4) is 0 Å². The van der Waals surface area contributed by atoms with Gasteiger partial charge in [-0.15, -0.1) is 0 Å². The van der Waals surface area contributed by atoms with Crippen LogP contribution in [-0.2, 0) is 12.8 Å². The summed E-state index contributed by atoms with van der Waals surface area (Å²) in [5.74, 6) is -0.423. The first kappa shape index (κ1) is 19.3. The van der Waals surface area contributed by atoms with Gasteiger partial charge in [-0.25, -0.2) is 15.0 Å². The number of fused-ring (bicyclic) bond motifs is 1. The Hall–Kier alpha value is -3.62. The quantitative estimate of drug-likeness (QED) is 0.472. The second-order valence-corrected chi connectivity index (χ2v) is 7.37. The molecule has 0 aliphatic heterocycles.